The molecule has 1 fully saturated rings. The lowest BCUT2D eigenvalue weighted by Gasteiger charge is -2.34. The van der Waals surface area contributed by atoms with Crippen LogP contribution in [0, 0.1) is 0 Å². The molecule has 1 aliphatic rings. The first-order valence-electron chi connectivity index (χ1n) is 7.65. The van der Waals surface area contributed by atoms with Crippen LogP contribution in [-0.4, -0.2) is 42.6 Å². The van der Waals surface area contributed by atoms with E-state index in [1.165, 1.54) is 11.1 Å². The molecule has 0 unspecified atom stereocenters. The number of hydrogen-bond acceptors (Lipinski definition) is 3. The van der Waals surface area contributed by atoms with Crippen molar-refractivity contribution in [3.8, 4) is 0 Å². The summed E-state index contributed by atoms with van der Waals surface area (Å²) in [4.78, 5) is 2.52. The predicted molar refractivity (Wildman–Crippen MR) is 86.9 cm³/mol. The Morgan fingerprint density at radius 3 is 1.71 bits per heavy atom. The van der Waals surface area contributed by atoms with Crippen molar-refractivity contribution in [3.63, 3.8) is 0 Å². The van der Waals surface area contributed by atoms with Gasteiger partial charge in [0.2, 0.25) is 0 Å². The first kappa shape index (κ1) is 14.3. The fraction of sp³-hybridized carbons (Fsp3) is 0.333. The smallest absolute Gasteiger partial charge is 0.0257 e. The van der Waals surface area contributed by atoms with Gasteiger partial charge < -0.3 is 0 Å². The molecule has 3 rings (SSSR count). The van der Waals surface area contributed by atoms with Crippen molar-refractivity contribution in [2.75, 3.05) is 32.7 Å². The third-order valence-corrected chi connectivity index (χ3v) is 4.25. The third kappa shape index (κ3) is 3.70. The molecular formula is C18H23N3. The summed E-state index contributed by atoms with van der Waals surface area (Å²) in [6, 6.07) is 21.6. The van der Waals surface area contributed by atoms with Crippen LogP contribution in [0.2, 0.25) is 0 Å². The Balaban J connectivity index is 1.80. The fourth-order valence-electron chi connectivity index (χ4n) is 2.98. The molecule has 0 aromatic heterocycles. The molecule has 3 heteroatoms. The number of hydrazine groups is 1. The van der Waals surface area contributed by atoms with Crippen LogP contribution in [0.5, 0.6) is 0 Å². The number of nitrogens with two attached hydrogens (primary N) is 1. The number of rotatable bonds is 4. The lowest BCUT2D eigenvalue weighted by Crippen LogP contribution is -2.50. The Hall–Kier alpha value is -1.68. The van der Waals surface area contributed by atoms with Gasteiger partial charge in [0, 0.05) is 38.6 Å². The number of hydrogen-bond donors (Lipinski definition) is 1. The van der Waals surface area contributed by atoms with Crippen LogP contribution < -0.4 is 5.84 Å². The van der Waals surface area contributed by atoms with Crippen molar-refractivity contribution < 1.29 is 0 Å². The van der Waals surface area contributed by atoms with E-state index >= 15 is 0 Å². The normalized spacial score (nSPS) is 17.2. The van der Waals surface area contributed by atoms with Gasteiger partial charge >= 0.3 is 0 Å². The second-order valence-electron chi connectivity index (χ2n) is 5.71. The molecule has 2 aromatic carbocycles. The summed E-state index contributed by atoms with van der Waals surface area (Å²) >= 11 is 0. The van der Waals surface area contributed by atoms with Gasteiger partial charge in [0.15, 0.2) is 0 Å². The Kier molecular flexibility index (Phi) is 4.65. The van der Waals surface area contributed by atoms with Gasteiger partial charge in [-0.3, -0.25) is 10.7 Å². The molecule has 2 N–H and O–H groups in total. The summed E-state index contributed by atoms with van der Waals surface area (Å²) in [6.45, 7) is 5.06. The largest absolute Gasteiger partial charge is 0.300 e. The predicted octanol–water partition coefficient (Wildman–Crippen LogP) is 2.31. The SMILES string of the molecule is NN1CCN(CC(c2ccccc2)c2ccccc2)CC1. The molecule has 0 bridgehead atoms. The highest BCUT2D eigenvalue weighted by Gasteiger charge is 2.20. The first-order chi connectivity index (χ1) is 10.3. The molecule has 0 radical (unpaired) electrons. The Morgan fingerprint density at radius 2 is 1.24 bits per heavy atom. The quantitative estimate of drug-likeness (QED) is 0.873. The van der Waals surface area contributed by atoms with Gasteiger partial charge in [-0.1, -0.05) is 60.7 Å². The van der Waals surface area contributed by atoms with Gasteiger partial charge in [-0.2, -0.15) is 0 Å². The maximum Gasteiger partial charge on any atom is 0.0257 e. The summed E-state index contributed by atoms with van der Waals surface area (Å²) < 4.78 is 0. The lowest BCUT2D eigenvalue weighted by atomic mass is 9.90. The third-order valence-electron chi connectivity index (χ3n) is 4.25. The van der Waals surface area contributed by atoms with Crippen LogP contribution in [0.3, 0.4) is 0 Å². The van der Waals surface area contributed by atoms with Crippen molar-refractivity contribution in [2.24, 2.45) is 5.84 Å². The van der Waals surface area contributed by atoms with Crippen molar-refractivity contribution >= 4 is 0 Å². The molecule has 3 nitrogen and oxygen atoms in total. The van der Waals surface area contributed by atoms with E-state index in [0.717, 1.165) is 32.7 Å². The maximum absolute atomic E-state index is 5.86. The number of nitrogens with zero attached hydrogens (tertiary/aromatic N) is 2. The monoisotopic (exact) mass is 281 g/mol. The van der Waals surface area contributed by atoms with E-state index in [1.807, 2.05) is 5.01 Å². The van der Waals surface area contributed by atoms with Crippen LogP contribution in [0.1, 0.15) is 17.0 Å². The Labute approximate surface area is 127 Å². The highest BCUT2D eigenvalue weighted by atomic mass is 15.4. The van der Waals surface area contributed by atoms with E-state index in [4.69, 9.17) is 5.84 Å². The Morgan fingerprint density at radius 1 is 0.762 bits per heavy atom. The molecule has 1 heterocycles. The standard InChI is InChI=1S/C18H23N3/c19-21-13-11-20(12-14-21)15-18(16-7-3-1-4-8-16)17-9-5-2-6-10-17/h1-10,18H,11-15,19H2. The van der Waals surface area contributed by atoms with E-state index in [-0.39, 0.29) is 0 Å². The van der Waals surface area contributed by atoms with Crippen molar-refractivity contribution in [1.82, 2.24) is 9.91 Å². The number of benzene rings is 2. The maximum atomic E-state index is 5.86. The molecule has 0 aliphatic carbocycles. The van der Waals surface area contributed by atoms with E-state index in [2.05, 4.69) is 65.6 Å². The zero-order valence-corrected chi connectivity index (χ0v) is 12.4. The summed E-state index contributed by atoms with van der Waals surface area (Å²) in [7, 11) is 0. The molecule has 0 amide bonds. The highest BCUT2D eigenvalue weighted by Crippen LogP contribution is 2.25. The average molecular weight is 281 g/mol. The lowest BCUT2D eigenvalue weighted by molar-refractivity contribution is 0.131. The van der Waals surface area contributed by atoms with Crippen molar-refractivity contribution in [2.45, 2.75) is 5.92 Å². The zero-order chi connectivity index (χ0) is 14.5. The van der Waals surface area contributed by atoms with Crippen LogP contribution in [0.15, 0.2) is 60.7 Å². The second-order valence-corrected chi connectivity index (χ2v) is 5.71. The summed E-state index contributed by atoms with van der Waals surface area (Å²) in [6.07, 6.45) is 0. The van der Waals surface area contributed by atoms with Crippen LogP contribution in [0.4, 0.5) is 0 Å². The minimum Gasteiger partial charge on any atom is -0.300 e. The highest BCUT2D eigenvalue weighted by molar-refractivity contribution is 5.32. The van der Waals surface area contributed by atoms with E-state index in [0.29, 0.717) is 5.92 Å². The minimum atomic E-state index is 0.428. The summed E-state index contributed by atoms with van der Waals surface area (Å²) in [5.74, 6) is 6.28. The van der Waals surface area contributed by atoms with Crippen LogP contribution in [-0.2, 0) is 0 Å². The Bertz CT molecular complexity index is 493. The summed E-state index contributed by atoms with van der Waals surface area (Å²) in [5, 5.41) is 1.91. The van der Waals surface area contributed by atoms with Crippen LogP contribution in [0.25, 0.3) is 0 Å². The molecule has 2 aromatic rings. The van der Waals surface area contributed by atoms with E-state index < -0.39 is 0 Å². The fourth-order valence-corrected chi connectivity index (χ4v) is 2.98. The topological polar surface area (TPSA) is 32.5 Å². The zero-order valence-electron chi connectivity index (χ0n) is 12.4. The van der Waals surface area contributed by atoms with Gasteiger partial charge in [-0.25, -0.2) is 5.01 Å². The van der Waals surface area contributed by atoms with E-state index in [1.54, 1.807) is 0 Å². The minimum absolute atomic E-state index is 0.428. The van der Waals surface area contributed by atoms with Gasteiger partial charge in [0.25, 0.3) is 0 Å². The first-order valence-corrected chi connectivity index (χ1v) is 7.65. The molecule has 1 aliphatic heterocycles. The molecule has 1 saturated heterocycles. The van der Waals surface area contributed by atoms with Gasteiger partial charge in [-0.15, -0.1) is 0 Å². The molecular weight excluding hydrogens is 258 g/mol. The van der Waals surface area contributed by atoms with E-state index in [9.17, 15) is 0 Å². The molecule has 21 heavy (non-hydrogen) atoms. The van der Waals surface area contributed by atoms with Crippen LogP contribution >= 0.6 is 0 Å². The average Bonchev–Trinajstić information content (AvgIpc) is 2.56. The van der Waals surface area contributed by atoms with Gasteiger partial charge in [0.05, 0.1) is 0 Å². The van der Waals surface area contributed by atoms with Gasteiger partial charge in [-0.05, 0) is 11.1 Å². The molecule has 110 valence electrons. The number of piperazine rings is 1. The molecule has 0 atom stereocenters. The van der Waals surface area contributed by atoms with Crippen molar-refractivity contribution in [1.29, 1.82) is 0 Å². The molecule has 0 spiro atoms. The molecule has 0 saturated carbocycles. The van der Waals surface area contributed by atoms with Gasteiger partial charge in [0.1, 0.15) is 0 Å². The second kappa shape index (κ2) is 6.85. The van der Waals surface area contributed by atoms with Crippen molar-refractivity contribution in [3.05, 3.63) is 71.8 Å². The summed E-state index contributed by atoms with van der Waals surface area (Å²) in [5.41, 5.74) is 2.78.